The number of ether oxygens (including phenoxy) is 8. The Morgan fingerprint density at radius 1 is 0.379 bits per heavy atom. The van der Waals surface area contributed by atoms with Crippen molar-refractivity contribution in [1.82, 2.24) is 20.5 Å². The van der Waals surface area contributed by atoms with Crippen molar-refractivity contribution in [2.45, 2.75) is 347 Å². The number of unbranched alkanes of at least 4 members (excludes halogenated alkanes) is 5. The second kappa shape index (κ2) is 32.8. The Kier molecular flexibility index (Phi) is 29.0. The maximum atomic E-state index is 14.6. The van der Waals surface area contributed by atoms with Crippen molar-refractivity contribution in [3.05, 3.63) is 0 Å². The summed E-state index contributed by atoms with van der Waals surface area (Å²) in [5, 5.41) is 36.6. The summed E-state index contributed by atoms with van der Waals surface area (Å²) in [6, 6.07) is 0. The predicted molar refractivity (Wildman–Crippen MR) is 340 cm³/mol. The summed E-state index contributed by atoms with van der Waals surface area (Å²) < 4.78 is 49.5. The molecular weight excluding hydrogens is 1110 g/mol. The molecule has 0 spiro atoms. The van der Waals surface area contributed by atoms with Crippen LogP contribution >= 0.6 is 0 Å². The second-order valence-corrected chi connectivity index (χ2v) is 31.6. The smallest absolute Gasteiger partial charge is 0.323 e. The SMILES string of the molecule is CCCCC(CCCCCCC(CCCC)(C(=O)OCCCOC1CC(C)(C)N([OH2+])C(C)(C)C1)C(=O)OCCCOC1CC(C)(C)N([OH2+])C(C)(C)C1)(C(=O)OCCCOC1CC(C)(C)NC(C)(C)C1)C(=O)OCCCOC1CC(C)(C)N(O)C(C)(C)C1. The molecule has 0 aromatic carbocycles. The van der Waals surface area contributed by atoms with E-state index in [4.69, 9.17) is 48.3 Å². The van der Waals surface area contributed by atoms with Gasteiger partial charge in [0.2, 0.25) is 0 Å². The fourth-order valence-electron chi connectivity index (χ4n) is 15.1. The number of piperidine rings is 4. The molecule has 87 heavy (non-hydrogen) atoms. The molecule has 4 fully saturated rings. The van der Waals surface area contributed by atoms with E-state index < -0.39 is 45.8 Å². The van der Waals surface area contributed by atoms with Crippen LogP contribution in [0.2, 0.25) is 0 Å². The Hall–Kier alpha value is -2.56. The highest BCUT2D eigenvalue weighted by molar-refractivity contribution is 6.00. The van der Waals surface area contributed by atoms with Gasteiger partial charge in [-0.1, -0.05) is 75.3 Å². The lowest BCUT2D eigenvalue weighted by Gasteiger charge is -2.51. The third-order valence-corrected chi connectivity index (χ3v) is 19.0. The molecule has 4 aliphatic rings. The number of nitrogens with zero attached hydrogens (tertiary/aromatic N) is 3. The Labute approximate surface area is 526 Å². The molecule has 4 rings (SSSR count). The molecule has 1 unspecified atom stereocenters. The fourth-order valence-corrected chi connectivity index (χ4v) is 15.1. The van der Waals surface area contributed by atoms with Gasteiger partial charge < -0.3 is 58.8 Å². The van der Waals surface area contributed by atoms with Gasteiger partial charge >= 0.3 is 23.9 Å². The molecule has 6 N–H and O–H groups in total. The first-order valence-corrected chi connectivity index (χ1v) is 33.8. The molecule has 0 aliphatic carbocycles. The number of nitrogens with one attached hydrogen (secondary N) is 1. The summed E-state index contributed by atoms with van der Waals surface area (Å²) in [4.78, 5) is 58.3. The molecule has 0 bridgehead atoms. The molecule has 4 heterocycles. The Morgan fingerprint density at radius 2 is 0.621 bits per heavy atom. The Morgan fingerprint density at radius 3 is 0.885 bits per heavy atom. The molecule has 0 amide bonds. The van der Waals surface area contributed by atoms with Crippen molar-refractivity contribution in [2.24, 2.45) is 10.8 Å². The molecule has 1 atom stereocenters. The van der Waals surface area contributed by atoms with E-state index in [1.165, 1.54) is 5.06 Å². The van der Waals surface area contributed by atoms with Crippen LogP contribution in [0.25, 0.3) is 0 Å². The maximum Gasteiger partial charge on any atom is 0.323 e. The molecule has 4 aliphatic heterocycles. The van der Waals surface area contributed by atoms with E-state index in [1.807, 2.05) is 41.5 Å². The maximum absolute atomic E-state index is 14.6. The monoisotopic (exact) mass is 1240 g/mol. The van der Waals surface area contributed by atoms with Gasteiger partial charge in [-0.05, 0) is 188 Å². The first-order chi connectivity index (χ1) is 40.3. The third-order valence-electron chi connectivity index (χ3n) is 19.0. The van der Waals surface area contributed by atoms with Crippen LogP contribution in [-0.4, -0.2) is 176 Å². The summed E-state index contributed by atoms with van der Waals surface area (Å²) in [7, 11) is 0. The van der Waals surface area contributed by atoms with Crippen LogP contribution in [0.5, 0.6) is 0 Å². The highest BCUT2D eigenvalue weighted by Crippen LogP contribution is 2.42. The number of esters is 4. The quantitative estimate of drug-likeness (QED) is 0.0194. The summed E-state index contributed by atoms with van der Waals surface area (Å²) in [5.41, 5.74) is -5.61. The standard InChI is InChI=1S/C68H126N4O15/c1-19-21-31-67(55(73)84-39-27-35-80-51-43-59(3,4)69-60(5,6)44-51,56(74)85-40-28-36-81-52-45-61(7,8)70(77)62(9,10)46-52)33-25-23-24-26-34-68(32-22-20-2,57(75)86-41-29-37-82-53-47-63(11,12)71(78)64(13,14)48-53)58(76)87-42-30-38-83-54-49-65(15,16)72(79)66(17,18)50-54/h51-54,69,77-79H,19-50H2,1-18H3/p+2. The van der Waals surface area contributed by atoms with E-state index >= 15 is 0 Å². The van der Waals surface area contributed by atoms with Gasteiger partial charge in [0, 0.05) is 47.8 Å². The fraction of sp³-hybridized carbons (Fsp3) is 0.941. The van der Waals surface area contributed by atoms with E-state index in [0.29, 0.717) is 129 Å². The van der Waals surface area contributed by atoms with Gasteiger partial charge in [0.25, 0.3) is 0 Å². The van der Waals surface area contributed by atoms with Gasteiger partial charge in [0.1, 0.15) is 0 Å². The van der Waals surface area contributed by atoms with Crippen LogP contribution in [0.4, 0.5) is 0 Å². The van der Waals surface area contributed by atoms with Crippen LogP contribution in [0.15, 0.2) is 0 Å². The normalized spacial score (nSPS) is 23.2. The van der Waals surface area contributed by atoms with E-state index in [2.05, 4.69) is 88.4 Å². The van der Waals surface area contributed by atoms with Crippen molar-refractivity contribution in [3.63, 3.8) is 0 Å². The number of carbonyl (C=O) groups excluding carboxylic acids is 4. The minimum Gasteiger partial charge on any atom is -0.465 e. The first-order valence-electron chi connectivity index (χ1n) is 33.8. The molecule has 0 aromatic heterocycles. The van der Waals surface area contributed by atoms with Gasteiger partial charge in [0.15, 0.2) is 10.8 Å². The van der Waals surface area contributed by atoms with Crippen molar-refractivity contribution in [1.29, 1.82) is 0 Å². The van der Waals surface area contributed by atoms with Gasteiger partial charge in [0.05, 0.1) is 99.4 Å². The summed E-state index contributed by atoms with van der Waals surface area (Å²) in [6.45, 7) is 39.1. The van der Waals surface area contributed by atoms with E-state index in [1.54, 1.807) is 10.1 Å². The largest absolute Gasteiger partial charge is 0.465 e. The number of hydrogen-bond acceptors (Lipinski definition) is 17. The number of carbonyl (C=O) groups is 4. The summed E-state index contributed by atoms with van der Waals surface area (Å²) >= 11 is 0. The lowest BCUT2D eigenvalue weighted by molar-refractivity contribution is -0.261. The van der Waals surface area contributed by atoms with Crippen LogP contribution in [-0.2, 0) is 57.1 Å². The van der Waals surface area contributed by atoms with Crippen molar-refractivity contribution >= 4 is 23.9 Å². The van der Waals surface area contributed by atoms with Crippen LogP contribution in [0.1, 0.15) is 279 Å². The highest BCUT2D eigenvalue weighted by Gasteiger charge is 2.53. The Balaban J connectivity index is 1.46. The molecule has 0 radical (unpaired) electrons. The molecule has 4 saturated heterocycles. The lowest BCUT2D eigenvalue weighted by atomic mass is 9.76. The number of rotatable bonds is 37. The van der Waals surface area contributed by atoms with E-state index in [9.17, 15) is 24.4 Å². The zero-order valence-corrected chi connectivity index (χ0v) is 58.1. The summed E-state index contributed by atoms with van der Waals surface area (Å²) in [6.07, 6.45) is 13.4. The Bertz CT molecular complexity index is 2000. The summed E-state index contributed by atoms with van der Waals surface area (Å²) in [5.74, 6) is -2.37. The van der Waals surface area contributed by atoms with Crippen LogP contribution in [0.3, 0.4) is 0 Å². The van der Waals surface area contributed by atoms with E-state index in [0.717, 1.165) is 25.7 Å². The molecular formula is C68H128N4O15+2. The molecule has 0 aromatic rings. The molecule has 19 heteroatoms. The minimum atomic E-state index is -1.55. The van der Waals surface area contributed by atoms with Gasteiger partial charge in [-0.25, -0.2) is 0 Å². The molecule has 0 saturated carbocycles. The second-order valence-electron chi connectivity index (χ2n) is 31.6. The number of hydrogen-bond donors (Lipinski definition) is 2. The van der Waals surface area contributed by atoms with Crippen LogP contribution < -0.4 is 5.32 Å². The van der Waals surface area contributed by atoms with Crippen molar-refractivity contribution in [2.75, 3.05) is 52.9 Å². The topological polar surface area (TPSA) is 230 Å². The molecule has 19 nitrogen and oxygen atoms in total. The number of hydroxylamine groups is 6. The van der Waals surface area contributed by atoms with Gasteiger partial charge in [-0.2, -0.15) is 5.06 Å². The average molecular weight is 1240 g/mol. The van der Waals surface area contributed by atoms with E-state index in [-0.39, 0.29) is 110 Å². The van der Waals surface area contributed by atoms with Gasteiger partial charge in [-0.3, -0.25) is 19.2 Å². The first kappa shape index (κ1) is 76.9. The van der Waals surface area contributed by atoms with Gasteiger partial charge in [-0.15, -0.1) is 0 Å². The third kappa shape index (κ3) is 22.6. The van der Waals surface area contributed by atoms with Crippen LogP contribution in [0, 0.1) is 10.8 Å². The average Bonchev–Trinajstić information content (AvgIpc) is 0.986. The van der Waals surface area contributed by atoms with Crippen molar-refractivity contribution < 1.29 is 72.7 Å². The highest BCUT2D eigenvalue weighted by atomic mass is 16.6. The predicted octanol–water partition coefficient (Wildman–Crippen LogP) is 11.5. The zero-order chi connectivity index (χ0) is 65.3. The minimum absolute atomic E-state index is 0.0457. The molecule has 508 valence electrons. The van der Waals surface area contributed by atoms with Crippen molar-refractivity contribution in [3.8, 4) is 0 Å². The zero-order valence-electron chi connectivity index (χ0n) is 58.1. The lowest BCUT2D eigenvalue weighted by Crippen LogP contribution is -2.60.